The van der Waals surface area contributed by atoms with Crippen LogP contribution in [-0.2, 0) is 9.53 Å². The molecule has 3 rings (SSSR count). The molecule has 0 radical (unpaired) electrons. The molecular weight excluding hydrogens is 445 g/mol. The van der Waals surface area contributed by atoms with Crippen LogP contribution in [0.25, 0.3) is 6.08 Å². The lowest BCUT2D eigenvalue weighted by Crippen LogP contribution is -2.06. The number of hydrogen-bond acceptors (Lipinski definition) is 5. The third-order valence-electron chi connectivity index (χ3n) is 3.57. The molecule has 5 nitrogen and oxygen atoms in total. The number of carbonyl (C=O) groups is 1. The topological polar surface area (TPSA) is 57.1 Å². The monoisotopic (exact) mass is 461 g/mol. The molecule has 0 aromatic heterocycles. The molecule has 26 heavy (non-hydrogen) atoms. The van der Waals surface area contributed by atoms with Crippen LogP contribution in [0, 0.1) is 3.57 Å². The first-order valence-corrected chi connectivity index (χ1v) is 8.89. The maximum atomic E-state index is 12.2. The fourth-order valence-corrected chi connectivity index (χ4v) is 2.98. The summed E-state index contributed by atoms with van der Waals surface area (Å²) in [6.45, 7) is 4.00. The van der Waals surface area contributed by atoms with Crippen molar-refractivity contribution >= 4 is 40.5 Å². The van der Waals surface area contributed by atoms with E-state index in [2.05, 4.69) is 34.2 Å². The van der Waals surface area contributed by atoms with E-state index in [1.807, 2.05) is 30.3 Å². The van der Waals surface area contributed by atoms with E-state index in [4.69, 9.17) is 14.2 Å². The minimum Gasteiger partial charge on any atom is -0.493 e. The SMILES string of the molecule is C=CCOc1ccc(/C=C2\N=C(c3ccccc3I)OC2=O)cc1OC. The number of halogens is 1. The summed E-state index contributed by atoms with van der Waals surface area (Å²) in [5.74, 6) is 0.996. The zero-order valence-corrected chi connectivity index (χ0v) is 16.2. The minimum atomic E-state index is -0.481. The molecule has 1 heterocycles. The number of rotatable bonds is 6. The summed E-state index contributed by atoms with van der Waals surface area (Å²) < 4.78 is 17.1. The van der Waals surface area contributed by atoms with Crippen LogP contribution in [0.1, 0.15) is 11.1 Å². The zero-order valence-electron chi connectivity index (χ0n) is 14.1. The van der Waals surface area contributed by atoms with Gasteiger partial charge >= 0.3 is 5.97 Å². The second kappa shape index (κ2) is 8.18. The molecule has 0 bridgehead atoms. The summed E-state index contributed by atoms with van der Waals surface area (Å²) in [6, 6.07) is 13.0. The van der Waals surface area contributed by atoms with Crippen LogP contribution in [0.2, 0.25) is 0 Å². The van der Waals surface area contributed by atoms with Crippen LogP contribution in [0.3, 0.4) is 0 Å². The number of esters is 1. The van der Waals surface area contributed by atoms with Crippen molar-refractivity contribution in [1.29, 1.82) is 0 Å². The van der Waals surface area contributed by atoms with Gasteiger partial charge in [-0.05, 0) is 58.5 Å². The van der Waals surface area contributed by atoms with Crippen molar-refractivity contribution in [3.05, 3.63) is 75.5 Å². The van der Waals surface area contributed by atoms with Gasteiger partial charge in [-0.2, -0.15) is 0 Å². The summed E-state index contributed by atoms with van der Waals surface area (Å²) in [5.41, 5.74) is 1.78. The van der Waals surface area contributed by atoms with Crippen LogP contribution in [0.4, 0.5) is 0 Å². The molecule has 0 spiro atoms. The number of methoxy groups -OCH3 is 1. The van der Waals surface area contributed by atoms with E-state index in [1.165, 1.54) is 0 Å². The zero-order chi connectivity index (χ0) is 18.5. The Bertz CT molecular complexity index is 918. The van der Waals surface area contributed by atoms with Gasteiger partial charge in [0.05, 0.1) is 12.7 Å². The second-order valence-corrected chi connectivity index (χ2v) is 6.49. The predicted octanol–water partition coefficient (Wildman–Crippen LogP) is 4.21. The Morgan fingerprint density at radius 1 is 1.23 bits per heavy atom. The van der Waals surface area contributed by atoms with Crippen molar-refractivity contribution < 1.29 is 19.0 Å². The lowest BCUT2D eigenvalue weighted by atomic mass is 10.1. The third kappa shape index (κ3) is 3.96. The molecule has 1 aliphatic rings. The Kier molecular flexibility index (Phi) is 5.72. The molecule has 2 aromatic rings. The highest BCUT2D eigenvalue weighted by Crippen LogP contribution is 2.30. The standard InChI is InChI=1S/C20H16INO4/c1-3-10-25-17-9-8-13(12-18(17)24-2)11-16-20(23)26-19(22-16)14-6-4-5-7-15(14)21/h3-9,11-12H,1,10H2,2H3/b16-11-. The number of aliphatic imine (C=N–C) groups is 1. The molecule has 0 saturated carbocycles. The van der Waals surface area contributed by atoms with Crippen LogP contribution < -0.4 is 9.47 Å². The van der Waals surface area contributed by atoms with Gasteiger partial charge in [-0.1, -0.05) is 30.9 Å². The molecule has 2 aromatic carbocycles. The normalized spacial score (nSPS) is 14.8. The van der Waals surface area contributed by atoms with E-state index in [0.717, 1.165) is 14.7 Å². The van der Waals surface area contributed by atoms with Gasteiger partial charge in [-0.3, -0.25) is 0 Å². The largest absolute Gasteiger partial charge is 0.493 e. The Labute approximate surface area is 165 Å². The molecular formula is C20H16INO4. The Morgan fingerprint density at radius 2 is 2.04 bits per heavy atom. The highest BCUT2D eigenvalue weighted by Gasteiger charge is 2.25. The quantitative estimate of drug-likeness (QED) is 0.280. The number of ether oxygens (including phenoxy) is 3. The maximum Gasteiger partial charge on any atom is 0.363 e. The van der Waals surface area contributed by atoms with Crippen molar-refractivity contribution in [2.24, 2.45) is 4.99 Å². The molecule has 0 amide bonds. The molecule has 0 saturated heterocycles. The lowest BCUT2D eigenvalue weighted by Gasteiger charge is -2.09. The van der Waals surface area contributed by atoms with Crippen LogP contribution in [0.15, 0.2) is 65.8 Å². The molecule has 0 unspecified atom stereocenters. The highest BCUT2D eigenvalue weighted by molar-refractivity contribution is 14.1. The van der Waals surface area contributed by atoms with Gasteiger partial charge in [0, 0.05) is 3.57 Å². The van der Waals surface area contributed by atoms with Crippen molar-refractivity contribution in [3.8, 4) is 11.5 Å². The van der Waals surface area contributed by atoms with Crippen LogP contribution >= 0.6 is 22.6 Å². The minimum absolute atomic E-state index is 0.237. The summed E-state index contributed by atoms with van der Waals surface area (Å²) in [4.78, 5) is 16.5. The molecule has 6 heteroatoms. The smallest absolute Gasteiger partial charge is 0.363 e. The van der Waals surface area contributed by atoms with Crippen LogP contribution in [-0.4, -0.2) is 25.6 Å². The van der Waals surface area contributed by atoms with Crippen molar-refractivity contribution in [3.63, 3.8) is 0 Å². The molecule has 0 aliphatic carbocycles. The molecule has 0 fully saturated rings. The highest BCUT2D eigenvalue weighted by atomic mass is 127. The van der Waals surface area contributed by atoms with Gasteiger partial charge in [0.25, 0.3) is 0 Å². The Hall–Kier alpha value is -2.61. The van der Waals surface area contributed by atoms with Crippen molar-refractivity contribution in [1.82, 2.24) is 0 Å². The first-order chi connectivity index (χ1) is 12.6. The molecule has 0 N–H and O–H groups in total. The van der Waals surface area contributed by atoms with Gasteiger partial charge in [-0.25, -0.2) is 9.79 Å². The summed E-state index contributed by atoms with van der Waals surface area (Å²) in [5, 5.41) is 0. The first kappa shape index (κ1) is 18.2. The van der Waals surface area contributed by atoms with Crippen molar-refractivity contribution in [2.45, 2.75) is 0 Å². The molecule has 1 aliphatic heterocycles. The van der Waals surface area contributed by atoms with Crippen molar-refractivity contribution in [2.75, 3.05) is 13.7 Å². The van der Waals surface area contributed by atoms with Gasteiger partial charge < -0.3 is 14.2 Å². The first-order valence-electron chi connectivity index (χ1n) is 7.81. The Balaban J connectivity index is 1.91. The Morgan fingerprint density at radius 3 is 2.77 bits per heavy atom. The second-order valence-electron chi connectivity index (χ2n) is 5.33. The number of carbonyl (C=O) groups excluding carboxylic acids is 1. The third-order valence-corrected chi connectivity index (χ3v) is 4.51. The van der Waals surface area contributed by atoms with E-state index in [0.29, 0.717) is 24.0 Å². The van der Waals surface area contributed by atoms with E-state index in [1.54, 1.807) is 31.4 Å². The lowest BCUT2D eigenvalue weighted by molar-refractivity contribution is -0.129. The summed E-state index contributed by atoms with van der Waals surface area (Å²) in [7, 11) is 1.56. The van der Waals surface area contributed by atoms with E-state index in [-0.39, 0.29) is 5.70 Å². The summed E-state index contributed by atoms with van der Waals surface area (Å²) in [6.07, 6.45) is 3.32. The molecule has 132 valence electrons. The molecule has 0 atom stereocenters. The van der Waals surface area contributed by atoms with Crippen LogP contribution in [0.5, 0.6) is 11.5 Å². The number of cyclic esters (lactones) is 1. The van der Waals surface area contributed by atoms with Gasteiger partial charge in [-0.15, -0.1) is 0 Å². The van der Waals surface area contributed by atoms with E-state index >= 15 is 0 Å². The van der Waals surface area contributed by atoms with Gasteiger partial charge in [0.15, 0.2) is 17.2 Å². The van der Waals surface area contributed by atoms with E-state index < -0.39 is 5.97 Å². The fraction of sp³-hybridized carbons (Fsp3) is 0.100. The summed E-state index contributed by atoms with van der Waals surface area (Å²) >= 11 is 2.18. The maximum absolute atomic E-state index is 12.2. The average Bonchev–Trinajstić information content (AvgIpc) is 3.01. The predicted molar refractivity (Wildman–Crippen MR) is 108 cm³/mol. The van der Waals surface area contributed by atoms with E-state index in [9.17, 15) is 4.79 Å². The number of nitrogens with zero attached hydrogens (tertiary/aromatic N) is 1. The number of benzene rings is 2. The van der Waals surface area contributed by atoms with Gasteiger partial charge in [0.1, 0.15) is 6.61 Å². The fourth-order valence-electron chi connectivity index (χ4n) is 2.36. The van der Waals surface area contributed by atoms with Gasteiger partial charge in [0.2, 0.25) is 5.90 Å². The number of hydrogen-bond donors (Lipinski definition) is 0. The average molecular weight is 461 g/mol.